The molecule has 1 heterocycles. The van der Waals surface area contributed by atoms with E-state index in [2.05, 4.69) is 15.6 Å². The van der Waals surface area contributed by atoms with E-state index in [9.17, 15) is 9.59 Å². The predicted molar refractivity (Wildman–Crippen MR) is 139 cm³/mol. The fourth-order valence-electron chi connectivity index (χ4n) is 3.36. The van der Waals surface area contributed by atoms with E-state index in [0.29, 0.717) is 28.1 Å². The predicted octanol–water partition coefficient (Wildman–Crippen LogP) is 4.72. The molecular weight excluding hydrogens is 482 g/mol. The van der Waals surface area contributed by atoms with Crippen LogP contribution in [0.4, 0.5) is 10.8 Å². The van der Waals surface area contributed by atoms with E-state index < -0.39 is 17.9 Å². The molecule has 1 amide bonds. The van der Waals surface area contributed by atoms with Crippen LogP contribution >= 0.6 is 11.3 Å². The summed E-state index contributed by atoms with van der Waals surface area (Å²) in [6.45, 7) is 5.67. The van der Waals surface area contributed by atoms with Crippen LogP contribution in [0.5, 0.6) is 17.2 Å². The second-order valence-electron chi connectivity index (χ2n) is 8.35. The van der Waals surface area contributed by atoms with E-state index in [1.807, 2.05) is 50.4 Å². The van der Waals surface area contributed by atoms with Gasteiger partial charge in [0.05, 0.1) is 27.0 Å². The van der Waals surface area contributed by atoms with E-state index in [4.69, 9.17) is 18.9 Å². The summed E-state index contributed by atoms with van der Waals surface area (Å²) < 4.78 is 21.4. The number of ether oxygens (including phenoxy) is 4. The van der Waals surface area contributed by atoms with Crippen molar-refractivity contribution < 1.29 is 28.5 Å². The lowest BCUT2D eigenvalue weighted by atomic mass is 10.0. The molecule has 36 heavy (non-hydrogen) atoms. The van der Waals surface area contributed by atoms with Gasteiger partial charge in [-0.15, -0.1) is 11.3 Å². The summed E-state index contributed by atoms with van der Waals surface area (Å²) in [6.07, 6.45) is 0. The largest absolute Gasteiger partial charge is 0.493 e. The minimum atomic E-state index is -0.861. The average molecular weight is 514 g/mol. The highest BCUT2D eigenvalue weighted by atomic mass is 32.1. The van der Waals surface area contributed by atoms with Crippen LogP contribution in [0, 0.1) is 12.8 Å². The Kier molecular flexibility index (Phi) is 9.13. The quantitative estimate of drug-likeness (QED) is 0.355. The van der Waals surface area contributed by atoms with Crippen LogP contribution in [0.15, 0.2) is 41.8 Å². The van der Waals surface area contributed by atoms with Gasteiger partial charge in [-0.1, -0.05) is 31.5 Å². The first-order valence-electron chi connectivity index (χ1n) is 11.3. The highest BCUT2D eigenvalue weighted by Crippen LogP contribution is 2.38. The van der Waals surface area contributed by atoms with Gasteiger partial charge in [-0.25, -0.2) is 9.78 Å². The molecule has 0 bridgehead atoms. The number of rotatable bonds is 11. The second kappa shape index (κ2) is 12.3. The zero-order chi connectivity index (χ0) is 26.2. The van der Waals surface area contributed by atoms with Gasteiger partial charge in [0, 0.05) is 16.6 Å². The number of hydrogen-bond donors (Lipinski definition) is 2. The number of thiazole rings is 1. The fourth-order valence-corrected chi connectivity index (χ4v) is 4.08. The molecule has 0 radical (unpaired) electrons. The van der Waals surface area contributed by atoms with Gasteiger partial charge < -0.3 is 29.6 Å². The highest BCUT2D eigenvalue weighted by Gasteiger charge is 2.27. The van der Waals surface area contributed by atoms with Gasteiger partial charge >= 0.3 is 5.97 Å². The number of esters is 1. The molecule has 0 aliphatic rings. The van der Waals surface area contributed by atoms with Crippen molar-refractivity contribution in [2.24, 2.45) is 5.92 Å². The number of aryl methyl sites for hydroxylation is 1. The van der Waals surface area contributed by atoms with Crippen molar-refractivity contribution in [2.75, 3.05) is 26.6 Å². The molecular formula is C26H31N3O6S. The Hall–Kier alpha value is -3.79. The molecule has 3 rings (SSSR count). The van der Waals surface area contributed by atoms with Gasteiger partial charge in [0.1, 0.15) is 12.6 Å². The molecule has 3 aromatic rings. The first-order chi connectivity index (χ1) is 17.2. The number of amides is 1. The summed E-state index contributed by atoms with van der Waals surface area (Å²) in [5, 5.41) is 8.50. The first kappa shape index (κ1) is 26.8. The molecule has 1 aromatic heterocycles. The number of methoxy groups -OCH3 is 3. The normalized spacial score (nSPS) is 11.5. The van der Waals surface area contributed by atoms with E-state index in [-0.39, 0.29) is 18.1 Å². The number of aromatic nitrogens is 1. The van der Waals surface area contributed by atoms with Crippen molar-refractivity contribution in [1.82, 2.24) is 10.3 Å². The van der Waals surface area contributed by atoms with E-state index >= 15 is 0 Å². The molecule has 2 aromatic carbocycles. The molecule has 0 aliphatic carbocycles. The summed E-state index contributed by atoms with van der Waals surface area (Å²) in [6, 6.07) is 10.2. The fraction of sp³-hybridized carbons (Fsp3) is 0.346. The lowest BCUT2D eigenvalue weighted by molar-refractivity contribution is -0.148. The number of carbonyl (C=O) groups is 2. The van der Waals surface area contributed by atoms with Crippen molar-refractivity contribution >= 4 is 34.0 Å². The number of benzene rings is 2. The molecule has 0 aliphatic heterocycles. The van der Waals surface area contributed by atoms with Crippen molar-refractivity contribution in [3.8, 4) is 17.2 Å². The summed E-state index contributed by atoms with van der Waals surface area (Å²) in [7, 11) is 4.41. The summed E-state index contributed by atoms with van der Waals surface area (Å²) in [4.78, 5) is 30.3. The topological polar surface area (TPSA) is 108 Å². The van der Waals surface area contributed by atoms with Gasteiger partial charge in [-0.05, 0) is 37.1 Å². The van der Waals surface area contributed by atoms with E-state index in [0.717, 1.165) is 5.69 Å². The summed E-state index contributed by atoms with van der Waals surface area (Å²) in [5.74, 6) is -0.183. The maximum Gasteiger partial charge on any atom is 0.329 e. The number of carbonyl (C=O) groups excluding carboxylic acids is 2. The van der Waals surface area contributed by atoms with Crippen LogP contribution in [0.2, 0.25) is 0 Å². The van der Waals surface area contributed by atoms with Crippen LogP contribution in [-0.4, -0.2) is 44.2 Å². The van der Waals surface area contributed by atoms with Crippen LogP contribution in [0.3, 0.4) is 0 Å². The van der Waals surface area contributed by atoms with E-state index in [1.54, 1.807) is 0 Å². The number of nitrogens with zero attached hydrogens (tertiary/aromatic N) is 1. The highest BCUT2D eigenvalue weighted by molar-refractivity contribution is 7.13. The van der Waals surface area contributed by atoms with Crippen molar-refractivity contribution in [2.45, 2.75) is 33.4 Å². The van der Waals surface area contributed by atoms with Crippen LogP contribution in [0.25, 0.3) is 0 Å². The van der Waals surface area contributed by atoms with Gasteiger partial charge in [0.2, 0.25) is 5.75 Å². The van der Waals surface area contributed by atoms with Crippen molar-refractivity contribution in [3.05, 3.63) is 58.6 Å². The Morgan fingerprint density at radius 2 is 1.64 bits per heavy atom. The number of anilines is 2. The Balaban J connectivity index is 1.64. The smallest absolute Gasteiger partial charge is 0.329 e. The molecule has 10 heteroatoms. The van der Waals surface area contributed by atoms with Crippen molar-refractivity contribution in [3.63, 3.8) is 0 Å². The van der Waals surface area contributed by atoms with Crippen molar-refractivity contribution in [1.29, 1.82) is 0 Å². The Labute approximate surface area is 214 Å². The third-order valence-corrected chi connectivity index (χ3v) is 6.16. The molecule has 192 valence electrons. The Morgan fingerprint density at radius 1 is 1.00 bits per heavy atom. The second-order valence-corrected chi connectivity index (χ2v) is 9.21. The monoisotopic (exact) mass is 513 g/mol. The van der Waals surface area contributed by atoms with Crippen LogP contribution in [-0.2, 0) is 16.1 Å². The molecule has 9 nitrogen and oxygen atoms in total. The number of hydrogen-bond acceptors (Lipinski definition) is 9. The SMILES string of the molecule is COc1cc(C(=O)NC(C(=O)OCc2csc(Nc3ccc(C)cc3)n2)C(C)C)cc(OC)c1OC. The summed E-state index contributed by atoms with van der Waals surface area (Å²) in [5.41, 5.74) is 2.97. The van der Waals surface area contributed by atoms with E-state index in [1.165, 1.54) is 50.4 Å². The Bertz CT molecular complexity index is 1170. The summed E-state index contributed by atoms with van der Waals surface area (Å²) >= 11 is 1.42. The van der Waals surface area contributed by atoms with Crippen LogP contribution < -0.4 is 24.8 Å². The standard InChI is InChI=1S/C26H31N3O6S/c1-15(2)22(29-24(30)17-11-20(32-4)23(34-6)21(12-17)33-5)25(31)35-13-19-14-36-26(28-19)27-18-9-7-16(3)8-10-18/h7-12,14-15,22H,13H2,1-6H3,(H,27,28)(H,29,30). The van der Waals surface area contributed by atoms with Gasteiger partial charge in [-0.3, -0.25) is 4.79 Å². The minimum Gasteiger partial charge on any atom is -0.493 e. The maximum absolute atomic E-state index is 13.0. The average Bonchev–Trinajstić information content (AvgIpc) is 3.32. The third kappa shape index (κ3) is 6.66. The van der Waals surface area contributed by atoms with Crippen LogP contribution in [0.1, 0.15) is 35.5 Å². The molecule has 2 N–H and O–H groups in total. The zero-order valence-electron chi connectivity index (χ0n) is 21.2. The lowest BCUT2D eigenvalue weighted by Gasteiger charge is -2.21. The molecule has 1 atom stereocenters. The molecule has 0 saturated carbocycles. The third-order valence-electron chi connectivity index (χ3n) is 5.35. The Morgan fingerprint density at radius 3 is 2.19 bits per heavy atom. The van der Waals surface area contributed by atoms with Gasteiger partial charge in [0.25, 0.3) is 5.91 Å². The van der Waals surface area contributed by atoms with Gasteiger partial charge in [0.15, 0.2) is 16.6 Å². The molecule has 0 fully saturated rings. The van der Waals surface area contributed by atoms with Gasteiger partial charge in [-0.2, -0.15) is 0 Å². The minimum absolute atomic E-state index is 0.00577. The molecule has 1 unspecified atom stereocenters. The first-order valence-corrected chi connectivity index (χ1v) is 12.2. The molecule has 0 saturated heterocycles. The number of nitrogens with one attached hydrogen (secondary N) is 2. The zero-order valence-corrected chi connectivity index (χ0v) is 22.0. The molecule has 0 spiro atoms. The lowest BCUT2D eigenvalue weighted by Crippen LogP contribution is -2.45. The maximum atomic E-state index is 13.0.